The highest BCUT2D eigenvalue weighted by molar-refractivity contribution is 5.94. The molecule has 0 saturated heterocycles. The zero-order chi connectivity index (χ0) is 17.1. The van der Waals surface area contributed by atoms with Crippen LogP contribution in [0.25, 0.3) is 5.69 Å². The molecule has 6 nitrogen and oxygen atoms in total. The number of carbonyl (C=O) groups is 1. The Bertz CT molecular complexity index is 877. The Balaban J connectivity index is 1.39. The van der Waals surface area contributed by atoms with Gasteiger partial charge in [0.1, 0.15) is 24.5 Å². The van der Waals surface area contributed by atoms with Crippen molar-refractivity contribution in [2.45, 2.75) is 18.9 Å². The molecule has 1 atom stereocenters. The first kappa shape index (κ1) is 15.4. The molecule has 4 rings (SSSR count). The fourth-order valence-corrected chi connectivity index (χ4v) is 2.97. The van der Waals surface area contributed by atoms with Gasteiger partial charge in [-0.3, -0.25) is 9.36 Å². The normalized spacial score (nSPS) is 15.9. The van der Waals surface area contributed by atoms with Gasteiger partial charge in [0, 0.05) is 11.3 Å². The van der Waals surface area contributed by atoms with Crippen molar-refractivity contribution in [2.75, 3.05) is 6.54 Å². The quantitative estimate of drug-likeness (QED) is 0.795. The Labute approximate surface area is 145 Å². The van der Waals surface area contributed by atoms with Crippen molar-refractivity contribution >= 4 is 5.91 Å². The number of nitrogens with zero attached hydrogens (tertiary/aromatic N) is 3. The molecule has 1 aromatic heterocycles. The maximum Gasteiger partial charge on any atom is 0.251 e. The van der Waals surface area contributed by atoms with E-state index in [-0.39, 0.29) is 12.0 Å². The van der Waals surface area contributed by atoms with E-state index in [1.165, 1.54) is 5.56 Å². The molecule has 0 fully saturated rings. The van der Waals surface area contributed by atoms with Gasteiger partial charge < -0.3 is 10.1 Å². The van der Waals surface area contributed by atoms with Crippen LogP contribution in [0.3, 0.4) is 0 Å². The summed E-state index contributed by atoms with van der Waals surface area (Å²) in [4.78, 5) is 12.4. The van der Waals surface area contributed by atoms with Crippen molar-refractivity contribution in [1.82, 2.24) is 20.1 Å². The van der Waals surface area contributed by atoms with Gasteiger partial charge in [-0.1, -0.05) is 24.3 Å². The van der Waals surface area contributed by atoms with Crippen molar-refractivity contribution in [2.24, 2.45) is 0 Å². The molecule has 0 radical (unpaired) electrons. The van der Waals surface area contributed by atoms with E-state index >= 15 is 0 Å². The highest BCUT2D eigenvalue weighted by Gasteiger charge is 2.20. The van der Waals surface area contributed by atoms with Crippen molar-refractivity contribution in [3.63, 3.8) is 0 Å². The van der Waals surface area contributed by atoms with Crippen LogP contribution in [0, 0.1) is 0 Å². The molecule has 25 heavy (non-hydrogen) atoms. The lowest BCUT2D eigenvalue weighted by Gasteiger charge is -2.26. The zero-order valence-electron chi connectivity index (χ0n) is 13.6. The Morgan fingerprint density at radius 2 is 2.00 bits per heavy atom. The second kappa shape index (κ2) is 6.76. The standard InChI is InChI=1S/C19H18N4O2/c24-19(15-5-3-6-16(10-15)23-12-21-22-13-23)20-11-17-9-8-14-4-1-2-7-18(14)25-17/h1-7,10,12-13,17H,8-9,11H2,(H,20,24). The first-order chi connectivity index (χ1) is 12.3. The van der Waals surface area contributed by atoms with Crippen molar-refractivity contribution in [3.05, 3.63) is 72.3 Å². The average molecular weight is 334 g/mol. The Kier molecular flexibility index (Phi) is 4.16. The number of ether oxygens (including phenoxy) is 1. The Morgan fingerprint density at radius 3 is 2.88 bits per heavy atom. The fraction of sp³-hybridized carbons (Fsp3) is 0.211. The van der Waals surface area contributed by atoms with Crippen molar-refractivity contribution in [1.29, 1.82) is 0 Å². The van der Waals surface area contributed by atoms with Crippen LogP contribution in [0.1, 0.15) is 22.3 Å². The lowest BCUT2D eigenvalue weighted by Crippen LogP contribution is -2.37. The average Bonchev–Trinajstić information content (AvgIpc) is 3.21. The van der Waals surface area contributed by atoms with Gasteiger partial charge in [-0.15, -0.1) is 10.2 Å². The molecule has 2 heterocycles. The van der Waals surface area contributed by atoms with Crippen LogP contribution in [-0.2, 0) is 6.42 Å². The van der Waals surface area contributed by atoms with E-state index < -0.39 is 0 Å². The third-order valence-electron chi connectivity index (χ3n) is 4.32. The summed E-state index contributed by atoms with van der Waals surface area (Å²) >= 11 is 0. The van der Waals surface area contributed by atoms with E-state index in [0.29, 0.717) is 12.1 Å². The van der Waals surface area contributed by atoms with Gasteiger partial charge in [0.15, 0.2) is 0 Å². The minimum atomic E-state index is -0.114. The monoisotopic (exact) mass is 334 g/mol. The number of amides is 1. The zero-order valence-corrected chi connectivity index (χ0v) is 13.6. The minimum absolute atomic E-state index is 0.000110. The number of carbonyl (C=O) groups excluding carboxylic acids is 1. The number of para-hydroxylation sites is 1. The number of aryl methyl sites for hydroxylation is 1. The summed E-state index contributed by atoms with van der Waals surface area (Å²) < 4.78 is 7.73. The maximum atomic E-state index is 12.4. The first-order valence-corrected chi connectivity index (χ1v) is 8.27. The summed E-state index contributed by atoms with van der Waals surface area (Å²) in [6.45, 7) is 0.490. The van der Waals surface area contributed by atoms with E-state index in [0.717, 1.165) is 24.3 Å². The van der Waals surface area contributed by atoms with Crippen LogP contribution in [0.2, 0.25) is 0 Å². The van der Waals surface area contributed by atoms with Crippen molar-refractivity contribution in [3.8, 4) is 11.4 Å². The predicted molar refractivity (Wildman–Crippen MR) is 92.9 cm³/mol. The van der Waals surface area contributed by atoms with Crippen LogP contribution < -0.4 is 10.1 Å². The second-order valence-electron chi connectivity index (χ2n) is 6.02. The number of fused-ring (bicyclic) bond motifs is 1. The largest absolute Gasteiger partial charge is 0.488 e. The van der Waals surface area contributed by atoms with Crippen molar-refractivity contribution < 1.29 is 9.53 Å². The predicted octanol–water partition coefficient (Wildman–Crippen LogP) is 2.39. The molecule has 0 spiro atoms. The molecule has 6 heteroatoms. The summed E-state index contributed by atoms with van der Waals surface area (Å²) in [5.74, 6) is 0.806. The van der Waals surface area contributed by atoms with Crippen LogP contribution in [-0.4, -0.2) is 33.3 Å². The fourth-order valence-electron chi connectivity index (χ4n) is 2.97. The summed E-state index contributed by atoms with van der Waals surface area (Å²) in [5, 5.41) is 10.5. The molecule has 1 unspecified atom stereocenters. The van der Waals surface area contributed by atoms with Crippen LogP contribution in [0.4, 0.5) is 0 Å². The van der Waals surface area contributed by atoms with E-state index in [1.54, 1.807) is 23.3 Å². The molecule has 1 N–H and O–H groups in total. The van der Waals surface area contributed by atoms with Crippen LogP contribution in [0.5, 0.6) is 5.75 Å². The molecule has 126 valence electrons. The lowest BCUT2D eigenvalue weighted by atomic mass is 10.0. The maximum absolute atomic E-state index is 12.4. The second-order valence-corrected chi connectivity index (χ2v) is 6.02. The highest BCUT2D eigenvalue weighted by Crippen LogP contribution is 2.26. The van der Waals surface area contributed by atoms with Gasteiger partial charge >= 0.3 is 0 Å². The number of benzene rings is 2. The van der Waals surface area contributed by atoms with Crippen LogP contribution >= 0.6 is 0 Å². The summed E-state index contributed by atoms with van der Waals surface area (Å²) in [7, 11) is 0. The van der Waals surface area contributed by atoms with Crippen LogP contribution in [0.15, 0.2) is 61.2 Å². The van der Waals surface area contributed by atoms with E-state index in [9.17, 15) is 4.79 Å². The topological polar surface area (TPSA) is 69.0 Å². The summed E-state index contributed by atoms with van der Waals surface area (Å²) in [6, 6.07) is 15.4. The molecule has 0 bridgehead atoms. The first-order valence-electron chi connectivity index (χ1n) is 8.27. The number of rotatable bonds is 4. The van der Waals surface area contributed by atoms with E-state index in [4.69, 9.17) is 4.74 Å². The number of nitrogens with one attached hydrogen (secondary N) is 1. The minimum Gasteiger partial charge on any atom is -0.488 e. The highest BCUT2D eigenvalue weighted by atomic mass is 16.5. The van der Waals surface area contributed by atoms with Gasteiger partial charge in [0.05, 0.1) is 6.54 Å². The third kappa shape index (κ3) is 3.38. The SMILES string of the molecule is O=C(NCC1CCc2ccccc2O1)c1cccc(-n2cnnc2)c1. The van der Waals surface area contributed by atoms with Gasteiger partial charge in [0.2, 0.25) is 0 Å². The number of hydrogen-bond donors (Lipinski definition) is 1. The number of hydrogen-bond acceptors (Lipinski definition) is 4. The van der Waals surface area contributed by atoms with E-state index in [2.05, 4.69) is 21.6 Å². The van der Waals surface area contributed by atoms with Gasteiger partial charge in [-0.2, -0.15) is 0 Å². The molecule has 3 aromatic rings. The molecule has 1 amide bonds. The van der Waals surface area contributed by atoms with Gasteiger partial charge in [-0.05, 0) is 42.7 Å². The molecule has 2 aromatic carbocycles. The molecular formula is C19H18N4O2. The Hall–Kier alpha value is -3.15. The molecule has 0 saturated carbocycles. The molecule has 1 aliphatic rings. The van der Waals surface area contributed by atoms with Gasteiger partial charge in [0.25, 0.3) is 5.91 Å². The molecule has 1 aliphatic heterocycles. The summed E-state index contributed by atoms with van der Waals surface area (Å²) in [6.07, 6.45) is 5.08. The lowest BCUT2D eigenvalue weighted by molar-refractivity contribution is 0.0918. The molecular weight excluding hydrogens is 316 g/mol. The Morgan fingerprint density at radius 1 is 1.16 bits per heavy atom. The smallest absolute Gasteiger partial charge is 0.251 e. The third-order valence-corrected chi connectivity index (χ3v) is 4.32. The number of aromatic nitrogens is 3. The molecule has 0 aliphatic carbocycles. The van der Waals surface area contributed by atoms with E-state index in [1.807, 2.05) is 36.4 Å². The van der Waals surface area contributed by atoms with Gasteiger partial charge in [-0.25, -0.2) is 0 Å². The summed E-state index contributed by atoms with van der Waals surface area (Å²) in [5.41, 5.74) is 2.68.